The summed E-state index contributed by atoms with van der Waals surface area (Å²) in [6, 6.07) is 7.60. The van der Waals surface area contributed by atoms with Crippen molar-refractivity contribution in [3.8, 4) is 5.75 Å². The molecule has 0 aromatic heterocycles. The summed E-state index contributed by atoms with van der Waals surface area (Å²) < 4.78 is 5.54. The molecule has 1 amide bonds. The molecule has 1 aliphatic rings. The smallest absolute Gasteiger partial charge is 0.303 e. The minimum Gasteiger partial charge on any atom is -0.484 e. The van der Waals surface area contributed by atoms with E-state index in [1.54, 1.807) is 4.90 Å². The van der Waals surface area contributed by atoms with Crippen LogP contribution in [0.5, 0.6) is 5.75 Å². The van der Waals surface area contributed by atoms with Crippen LogP contribution in [0.15, 0.2) is 24.3 Å². The van der Waals surface area contributed by atoms with Gasteiger partial charge in [0, 0.05) is 19.0 Å². The lowest BCUT2D eigenvalue weighted by molar-refractivity contribution is -0.141. The second-order valence-electron chi connectivity index (χ2n) is 5.77. The molecular formula is C17H23NO4. The van der Waals surface area contributed by atoms with Gasteiger partial charge in [0.05, 0.1) is 0 Å². The number of carbonyl (C=O) groups excluding carboxylic acids is 1. The molecule has 1 aromatic rings. The summed E-state index contributed by atoms with van der Waals surface area (Å²) in [4.78, 5) is 24.9. The van der Waals surface area contributed by atoms with Crippen molar-refractivity contribution in [2.24, 2.45) is 0 Å². The lowest BCUT2D eigenvalue weighted by Gasteiger charge is -2.35. The summed E-state index contributed by atoms with van der Waals surface area (Å²) >= 11 is 0. The predicted octanol–water partition coefficient (Wildman–Crippen LogP) is 2.62. The first-order chi connectivity index (χ1) is 10.6. The Kier molecular flexibility index (Phi) is 5.81. The van der Waals surface area contributed by atoms with Crippen LogP contribution < -0.4 is 4.74 Å². The number of likely N-dealkylation sites (tertiary alicyclic amines) is 1. The Morgan fingerprint density at radius 1 is 1.27 bits per heavy atom. The lowest BCUT2D eigenvalue weighted by atomic mass is 9.98. The van der Waals surface area contributed by atoms with Crippen molar-refractivity contribution in [2.45, 2.75) is 45.1 Å². The standard InChI is InChI=1S/C17H23NO4/c1-13-5-8-15(9-6-13)22-12-16(19)18-11-3-2-4-14(18)7-10-17(20)21/h5-6,8-9,14H,2-4,7,10-12H2,1H3,(H,20,21). The topological polar surface area (TPSA) is 66.8 Å². The Labute approximate surface area is 130 Å². The molecule has 1 aliphatic heterocycles. The molecule has 0 radical (unpaired) electrons. The van der Waals surface area contributed by atoms with E-state index in [-0.39, 0.29) is 25.0 Å². The summed E-state index contributed by atoms with van der Waals surface area (Å²) in [5.74, 6) is -0.192. The quantitative estimate of drug-likeness (QED) is 0.877. The molecular weight excluding hydrogens is 282 g/mol. The summed E-state index contributed by atoms with van der Waals surface area (Å²) in [6.45, 7) is 2.70. The number of hydrogen-bond donors (Lipinski definition) is 1. The largest absolute Gasteiger partial charge is 0.484 e. The third kappa shape index (κ3) is 4.76. The number of carboxylic acid groups (broad SMARTS) is 1. The van der Waals surface area contributed by atoms with Gasteiger partial charge in [-0.3, -0.25) is 9.59 Å². The molecule has 1 N–H and O–H groups in total. The average Bonchev–Trinajstić information content (AvgIpc) is 2.52. The number of aryl methyl sites for hydroxylation is 1. The van der Waals surface area contributed by atoms with Gasteiger partial charge < -0.3 is 14.7 Å². The van der Waals surface area contributed by atoms with Crippen LogP contribution in [0.2, 0.25) is 0 Å². The van der Waals surface area contributed by atoms with Gasteiger partial charge in [0.15, 0.2) is 6.61 Å². The highest BCUT2D eigenvalue weighted by molar-refractivity contribution is 5.78. The fourth-order valence-electron chi connectivity index (χ4n) is 2.78. The van der Waals surface area contributed by atoms with Gasteiger partial charge in [0.25, 0.3) is 5.91 Å². The molecule has 5 heteroatoms. The number of rotatable bonds is 6. The molecule has 5 nitrogen and oxygen atoms in total. The van der Waals surface area contributed by atoms with Gasteiger partial charge in [0.2, 0.25) is 0 Å². The highest BCUT2D eigenvalue weighted by Crippen LogP contribution is 2.21. The number of nitrogens with zero attached hydrogens (tertiary/aromatic N) is 1. The third-order valence-electron chi connectivity index (χ3n) is 4.02. The van der Waals surface area contributed by atoms with E-state index < -0.39 is 5.97 Å². The van der Waals surface area contributed by atoms with Crippen LogP contribution >= 0.6 is 0 Å². The molecule has 0 aliphatic carbocycles. The Hall–Kier alpha value is -2.04. The van der Waals surface area contributed by atoms with Crippen molar-refractivity contribution >= 4 is 11.9 Å². The van der Waals surface area contributed by atoms with Gasteiger partial charge in [-0.15, -0.1) is 0 Å². The number of carbonyl (C=O) groups is 2. The van der Waals surface area contributed by atoms with E-state index in [1.807, 2.05) is 31.2 Å². The Bertz CT molecular complexity index is 512. The molecule has 1 fully saturated rings. The molecule has 120 valence electrons. The van der Waals surface area contributed by atoms with Crippen LogP contribution in [0.3, 0.4) is 0 Å². The SMILES string of the molecule is Cc1ccc(OCC(=O)N2CCCCC2CCC(=O)O)cc1. The summed E-state index contributed by atoms with van der Waals surface area (Å²) in [5.41, 5.74) is 1.14. The molecule has 1 heterocycles. The highest BCUT2D eigenvalue weighted by atomic mass is 16.5. The minimum atomic E-state index is -0.811. The molecule has 1 atom stereocenters. The number of amides is 1. The van der Waals surface area contributed by atoms with E-state index in [2.05, 4.69) is 0 Å². The van der Waals surface area contributed by atoms with Gasteiger partial charge in [-0.05, 0) is 44.7 Å². The number of hydrogen-bond acceptors (Lipinski definition) is 3. The monoisotopic (exact) mass is 305 g/mol. The number of benzene rings is 1. The molecule has 0 saturated carbocycles. The Morgan fingerprint density at radius 3 is 2.68 bits per heavy atom. The molecule has 0 spiro atoms. The summed E-state index contributed by atoms with van der Waals surface area (Å²) in [7, 11) is 0. The van der Waals surface area contributed by atoms with Crippen molar-refractivity contribution in [1.29, 1.82) is 0 Å². The van der Waals surface area contributed by atoms with Gasteiger partial charge in [0.1, 0.15) is 5.75 Å². The van der Waals surface area contributed by atoms with E-state index in [0.29, 0.717) is 18.7 Å². The fourth-order valence-corrected chi connectivity index (χ4v) is 2.78. The van der Waals surface area contributed by atoms with Gasteiger partial charge >= 0.3 is 5.97 Å². The zero-order chi connectivity index (χ0) is 15.9. The average molecular weight is 305 g/mol. The Balaban J connectivity index is 1.88. The van der Waals surface area contributed by atoms with Crippen LogP contribution in [0.4, 0.5) is 0 Å². The zero-order valence-electron chi connectivity index (χ0n) is 13.0. The lowest BCUT2D eigenvalue weighted by Crippen LogP contribution is -2.46. The van der Waals surface area contributed by atoms with Crippen LogP contribution in [0, 0.1) is 6.92 Å². The molecule has 1 saturated heterocycles. The molecule has 0 bridgehead atoms. The van der Waals surface area contributed by atoms with E-state index in [0.717, 1.165) is 24.8 Å². The first-order valence-electron chi connectivity index (χ1n) is 7.77. The van der Waals surface area contributed by atoms with Crippen molar-refractivity contribution < 1.29 is 19.4 Å². The summed E-state index contributed by atoms with van der Waals surface area (Å²) in [6.07, 6.45) is 3.52. The maximum Gasteiger partial charge on any atom is 0.303 e. The van der Waals surface area contributed by atoms with Gasteiger partial charge in [-0.25, -0.2) is 0 Å². The minimum absolute atomic E-state index is 0.00658. The van der Waals surface area contributed by atoms with Crippen molar-refractivity contribution in [1.82, 2.24) is 4.90 Å². The summed E-state index contributed by atoms with van der Waals surface area (Å²) in [5, 5.41) is 8.82. The van der Waals surface area contributed by atoms with Crippen LogP contribution in [0.25, 0.3) is 0 Å². The second-order valence-corrected chi connectivity index (χ2v) is 5.77. The van der Waals surface area contributed by atoms with Crippen LogP contribution in [0.1, 0.15) is 37.7 Å². The maximum atomic E-state index is 12.3. The van der Waals surface area contributed by atoms with E-state index in [4.69, 9.17) is 9.84 Å². The zero-order valence-corrected chi connectivity index (χ0v) is 13.0. The van der Waals surface area contributed by atoms with Crippen molar-refractivity contribution in [3.63, 3.8) is 0 Å². The number of aliphatic carboxylic acids is 1. The maximum absolute atomic E-state index is 12.3. The predicted molar refractivity (Wildman–Crippen MR) is 82.9 cm³/mol. The first-order valence-corrected chi connectivity index (χ1v) is 7.77. The van der Waals surface area contributed by atoms with Gasteiger partial charge in [-0.2, -0.15) is 0 Å². The van der Waals surface area contributed by atoms with E-state index >= 15 is 0 Å². The second kappa shape index (κ2) is 7.82. The Morgan fingerprint density at radius 2 is 2.00 bits per heavy atom. The fraction of sp³-hybridized carbons (Fsp3) is 0.529. The van der Waals surface area contributed by atoms with E-state index in [9.17, 15) is 9.59 Å². The highest BCUT2D eigenvalue weighted by Gasteiger charge is 2.27. The normalized spacial score (nSPS) is 18.0. The molecule has 22 heavy (non-hydrogen) atoms. The van der Waals surface area contributed by atoms with Crippen LogP contribution in [-0.4, -0.2) is 41.1 Å². The van der Waals surface area contributed by atoms with Crippen LogP contribution in [-0.2, 0) is 9.59 Å². The van der Waals surface area contributed by atoms with Gasteiger partial charge in [-0.1, -0.05) is 17.7 Å². The number of carboxylic acids is 1. The first kappa shape index (κ1) is 16.3. The molecule has 2 rings (SSSR count). The number of ether oxygens (including phenoxy) is 1. The molecule has 1 aromatic carbocycles. The third-order valence-corrected chi connectivity index (χ3v) is 4.02. The van der Waals surface area contributed by atoms with Crippen molar-refractivity contribution in [3.05, 3.63) is 29.8 Å². The molecule has 1 unspecified atom stereocenters. The number of piperidine rings is 1. The van der Waals surface area contributed by atoms with E-state index in [1.165, 1.54) is 0 Å². The van der Waals surface area contributed by atoms with Crippen molar-refractivity contribution in [2.75, 3.05) is 13.2 Å².